The molecule has 0 aliphatic carbocycles. The molecule has 0 unspecified atom stereocenters. The van der Waals surface area contributed by atoms with Crippen LogP contribution in [0.4, 0.5) is 0 Å². The number of aromatic nitrogens is 2. The number of rotatable bonds is 3. The highest BCUT2D eigenvalue weighted by Crippen LogP contribution is 2.15. The van der Waals surface area contributed by atoms with Gasteiger partial charge in [0.25, 0.3) is 0 Å². The molecule has 1 aliphatic rings. The zero-order valence-corrected chi connectivity index (χ0v) is 15.8. The largest absolute Gasteiger partial charge is 0.494 e. The fourth-order valence-electron chi connectivity index (χ4n) is 3.54. The van der Waals surface area contributed by atoms with Crippen molar-refractivity contribution in [2.24, 2.45) is 4.99 Å². The van der Waals surface area contributed by atoms with Crippen LogP contribution in [0.1, 0.15) is 23.9 Å². The van der Waals surface area contributed by atoms with Crippen molar-refractivity contribution in [1.82, 2.24) is 9.97 Å². The lowest BCUT2D eigenvalue weighted by atomic mass is 10.1. The van der Waals surface area contributed by atoms with E-state index in [1.807, 2.05) is 43.3 Å². The monoisotopic (exact) mass is 359 g/mol. The third-order valence-electron chi connectivity index (χ3n) is 4.76. The van der Waals surface area contributed by atoms with Crippen LogP contribution in [0.5, 0.6) is 5.75 Å². The van der Waals surface area contributed by atoms with Crippen LogP contribution in [0, 0.1) is 13.8 Å². The van der Waals surface area contributed by atoms with Gasteiger partial charge in [0.1, 0.15) is 5.75 Å². The maximum atomic E-state index is 12.3. The molecule has 3 heterocycles. The molecule has 0 fully saturated rings. The molecule has 0 radical (unpaired) electrons. The van der Waals surface area contributed by atoms with Crippen LogP contribution in [0.15, 0.2) is 41.4 Å². The van der Waals surface area contributed by atoms with E-state index in [-0.39, 0.29) is 5.78 Å². The molecule has 2 N–H and O–H groups in total. The number of aromatic amines is 2. The van der Waals surface area contributed by atoms with E-state index in [2.05, 4.69) is 23.0 Å². The SMILES string of the molecule is COc1cc(=C2N=c3ccccc3=C2C(C)=O)[nH]c1=Cc1[nH]c(C)cc1C. The lowest BCUT2D eigenvalue weighted by Gasteiger charge is -1.97. The summed E-state index contributed by atoms with van der Waals surface area (Å²) in [6, 6.07) is 11.7. The number of hydrogen-bond acceptors (Lipinski definition) is 3. The maximum Gasteiger partial charge on any atom is 0.162 e. The van der Waals surface area contributed by atoms with E-state index in [1.54, 1.807) is 14.0 Å². The first-order chi connectivity index (χ1) is 13.0. The van der Waals surface area contributed by atoms with Crippen LogP contribution < -0.4 is 26.0 Å². The van der Waals surface area contributed by atoms with Crippen molar-refractivity contribution in [3.05, 3.63) is 74.6 Å². The van der Waals surface area contributed by atoms with Gasteiger partial charge < -0.3 is 14.7 Å². The minimum absolute atomic E-state index is 0.00589. The molecular weight excluding hydrogens is 338 g/mol. The van der Waals surface area contributed by atoms with Gasteiger partial charge in [-0.05, 0) is 44.5 Å². The first kappa shape index (κ1) is 17.1. The number of ether oxygens (including phenoxy) is 1. The Bertz CT molecular complexity index is 1310. The third kappa shape index (κ3) is 2.91. The predicted molar refractivity (Wildman–Crippen MR) is 105 cm³/mol. The number of Topliss-reactive ketones (excluding diaryl/α,β-unsaturated/α-hetero) is 1. The van der Waals surface area contributed by atoms with Crippen molar-refractivity contribution in [3.8, 4) is 5.75 Å². The van der Waals surface area contributed by atoms with Crippen LogP contribution in [-0.2, 0) is 4.79 Å². The Morgan fingerprint density at radius 1 is 1.15 bits per heavy atom. The molecule has 4 rings (SSSR count). The summed E-state index contributed by atoms with van der Waals surface area (Å²) in [5.41, 5.74) is 4.57. The lowest BCUT2D eigenvalue weighted by molar-refractivity contribution is -0.111. The molecule has 1 aromatic carbocycles. The summed E-state index contributed by atoms with van der Waals surface area (Å²) < 4.78 is 5.55. The van der Waals surface area contributed by atoms with Gasteiger partial charge >= 0.3 is 0 Å². The van der Waals surface area contributed by atoms with Crippen LogP contribution in [0.2, 0.25) is 0 Å². The van der Waals surface area contributed by atoms with Gasteiger partial charge in [0.05, 0.1) is 34.4 Å². The van der Waals surface area contributed by atoms with Gasteiger partial charge in [-0.1, -0.05) is 18.2 Å². The number of methoxy groups -OCH3 is 1. The van der Waals surface area contributed by atoms with Crippen molar-refractivity contribution in [2.45, 2.75) is 20.8 Å². The van der Waals surface area contributed by atoms with E-state index in [1.165, 1.54) is 0 Å². The second-order valence-electron chi connectivity index (χ2n) is 6.77. The van der Waals surface area contributed by atoms with E-state index in [4.69, 9.17) is 9.73 Å². The fourth-order valence-corrected chi connectivity index (χ4v) is 3.54. The Morgan fingerprint density at radius 2 is 1.93 bits per heavy atom. The minimum Gasteiger partial charge on any atom is -0.494 e. The van der Waals surface area contributed by atoms with Crippen molar-refractivity contribution in [2.75, 3.05) is 7.11 Å². The van der Waals surface area contributed by atoms with Crippen LogP contribution in [0.25, 0.3) is 17.3 Å². The smallest absolute Gasteiger partial charge is 0.162 e. The molecule has 5 nitrogen and oxygen atoms in total. The molecule has 0 spiro atoms. The second kappa shape index (κ2) is 6.43. The van der Waals surface area contributed by atoms with E-state index in [9.17, 15) is 4.79 Å². The number of carbonyl (C=O) groups is 1. The molecule has 0 saturated heterocycles. The summed E-state index contributed by atoms with van der Waals surface area (Å²) in [5.74, 6) is 0.701. The Morgan fingerprint density at radius 3 is 2.59 bits per heavy atom. The van der Waals surface area contributed by atoms with Gasteiger partial charge in [0, 0.05) is 22.7 Å². The number of carbonyl (C=O) groups excluding carboxylic acids is 1. The van der Waals surface area contributed by atoms with E-state index >= 15 is 0 Å². The molecule has 1 aliphatic heterocycles. The van der Waals surface area contributed by atoms with E-state index < -0.39 is 0 Å². The first-order valence-electron chi connectivity index (χ1n) is 8.82. The summed E-state index contributed by atoms with van der Waals surface area (Å²) in [6.45, 7) is 5.66. The molecule has 2 aromatic heterocycles. The first-order valence-corrected chi connectivity index (χ1v) is 8.82. The van der Waals surface area contributed by atoms with Crippen LogP contribution >= 0.6 is 0 Å². The standard InChI is InChI=1S/C22H21N3O2/c1-12-9-13(2)23-17(12)10-18-20(27-4)11-19(24-18)22-21(14(3)26)15-7-5-6-8-16(15)25-22/h5-11,23-24H,1-4H3. The van der Waals surface area contributed by atoms with Crippen molar-refractivity contribution in [1.29, 1.82) is 0 Å². The Balaban J connectivity index is 2.02. The summed E-state index contributed by atoms with van der Waals surface area (Å²) in [4.78, 5) is 23.7. The quantitative estimate of drug-likeness (QED) is 0.732. The topological polar surface area (TPSA) is 70.2 Å². The number of nitrogens with zero attached hydrogens (tertiary/aromatic N) is 1. The highest BCUT2D eigenvalue weighted by atomic mass is 16.5. The van der Waals surface area contributed by atoms with E-state index in [0.717, 1.165) is 38.2 Å². The molecule has 136 valence electrons. The summed E-state index contributed by atoms with van der Waals surface area (Å²) >= 11 is 0. The number of para-hydroxylation sites is 1. The summed E-state index contributed by atoms with van der Waals surface area (Å²) in [5, 5.41) is 3.28. The minimum atomic E-state index is -0.00589. The second-order valence-corrected chi connectivity index (χ2v) is 6.77. The number of nitrogens with one attached hydrogen (secondary N) is 2. The highest BCUT2D eigenvalue weighted by molar-refractivity contribution is 6.27. The van der Waals surface area contributed by atoms with Gasteiger partial charge in [-0.25, -0.2) is 4.99 Å². The van der Waals surface area contributed by atoms with Crippen LogP contribution in [-0.4, -0.2) is 22.9 Å². The zero-order valence-electron chi connectivity index (χ0n) is 15.8. The maximum absolute atomic E-state index is 12.3. The zero-order chi connectivity index (χ0) is 19.1. The molecular formula is C22H21N3O2. The molecule has 27 heavy (non-hydrogen) atoms. The third-order valence-corrected chi connectivity index (χ3v) is 4.76. The van der Waals surface area contributed by atoms with Gasteiger partial charge in [0.2, 0.25) is 0 Å². The number of aryl methyl sites for hydroxylation is 2. The fraction of sp³-hybridized carbons (Fsp3) is 0.182. The van der Waals surface area contributed by atoms with Crippen molar-refractivity contribution >= 4 is 23.1 Å². The summed E-state index contributed by atoms with van der Waals surface area (Å²) in [6.07, 6.45) is 2.01. The number of H-pyrrole nitrogens is 2. The van der Waals surface area contributed by atoms with Gasteiger partial charge in [-0.15, -0.1) is 0 Å². The van der Waals surface area contributed by atoms with Crippen LogP contribution in [0.3, 0.4) is 0 Å². The number of ketones is 1. The van der Waals surface area contributed by atoms with Crippen molar-refractivity contribution in [3.63, 3.8) is 0 Å². The summed E-state index contributed by atoms with van der Waals surface area (Å²) in [7, 11) is 1.64. The molecule has 0 saturated carbocycles. The number of fused-ring (bicyclic) bond motifs is 1. The van der Waals surface area contributed by atoms with Gasteiger partial charge in [-0.2, -0.15) is 0 Å². The molecule has 0 amide bonds. The van der Waals surface area contributed by atoms with Gasteiger partial charge in [-0.3, -0.25) is 4.79 Å². The Kier molecular flexibility index (Phi) is 4.07. The molecule has 0 atom stereocenters. The Hall–Kier alpha value is -3.34. The predicted octanol–water partition coefficient (Wildman–Crippen LogP) is 0.978. The van der Waals surface area contributed by atoms with Crippen molar-refractivity contribution < 1.29 is 9.53 Å². The lowest BCUT2D eigenvalue weighted by Crippen LogP contribution is -2.24. The average Bonchev–Trinajstić information content (AvgIpc) is 3.29. The molecule has 0 bridgehead atoms. The Labute approximate surface area is 156 Å². The molecule has 5 heteroatoms. The molecule has 3 aromatic rings. The van der Waals surface area contributed by atoms with Gasteiger partial charge in [0.15, 0.2) is 5.78 Å². The normalized spacial score (nSPS) is 15.7. The number of benzene rings is 1. The number of hydrogen-bond donors (Lipinski definition) is 2. The highest BCUT2D eigenvalue weighted by Gasteiger charge is 2.18. The van der Waals surface area contributed by atoms with E-state index in [0.29, 0.717) is 17.0 Å². The average molecular weight is 359 g/mol.